The lowest BCUT2D eigenvalue weighted by Gasteiger charge is -2.18. The molecule has 0 aromatic carbocycles. The van der Waals surface area contributed by atoms with Crippen molar-refractivity contribution in [2.75, 3.05) is 13.2 Å². The Balaban J connectivity index is 0.000000847. The van der Waals surface area contributed by atoms with Gasteiger partial charge in [0.25, 0.3) is 5.89 Å². The van der Waals surface area contributed by atoms with E-state index in [0.29, 0.717) is 17.7 Å². The third kappa shape index (κ3) is 3.91. The molecule has 0 amide bonds. The molecular weight excluding hydrogens is 278 g/mol. The number of rotatable bonds is 3. The molecule has 0 radical (unpaired) electrons. The molecule has 0 spiro atoms. The largest absolute Gasteiger partial charge is 0.381 e. The molecule has 2 aromatic heterocycles. The third-order valence-corrected chi connectivity index (χ3v) is 3.65. The van der Waals surface area contributed by atoms with E-state index in [0.717, 1.165) is 43.1 Å². The summed E-state index contributed by atoms with van der Waals surface area (Å²) in [6.45, 7) is 9.80. The standard InChI is InChI=1S/C15H19N3O2.C2H6/c1-10(2)13-4-3-12(9-16-13)15-17-14(18-20-15)11-5-7-19-8-6-11;1-2/h3-4,9-11H,5-8H2,1-2H3;1-2H3. The van der Waals surface area contributed by atoms with E-state index >= 15 is 0 Å². The second-order valence-corrected chi connectivity index (χ2v) is 5.47. The van der Waals surface area contributed by atoms with Gasteiger partial charge in [0.05, 0.1) is 5.56 Å². The summed E-state index contributed by atoms with van der Waals surface area (Å²) in [5, 5.41) is 4.10. The van der Waals surface area contributed by atoms with Crippen molar-refractivity contribution in [3.8, 4) is 11.5 Å². The van der Waals surface area contributed by atoms with Gasteiger partial charge >= 0.3 is 0 Å². The predicted octanol–water partition coefficient (Wildman–Crippen LogP) is 4.18. The second-order valence-electron chi connectivity index (χ2n) is 5.47. The molecule has 2 aromatic rings. The van der Waals surface area contributed by atoms with Crippen LogP contribution in [0.2, 0.25) is 0 Å². The lowest BCUT2D eigenvalue weighted by molar-refractivity contribution is 0.0830. The van der Waals surface area contributed by atoms with Gasteiger partial charge in [-0.3, -0.25) is 4.98 Å². The summed E-state index contributed by atoms with van der Waals surface area (Å²) in [6.07, 6.45) is 3.73. The number of hydrogen-bond donors (Lipinski definition) is 0. The van der Waals surface area contributed by atoms with Crippen LogP contribution in [-0.2, 0) is 4.74 Å². The number of aromatic nitrogens is 3. The van der Waals surface area contributed by atoms with Gasteiger partial charge in [0.2, 0.25) is 0 Å². The first-order valence-corrected chi connectivity index (χ1v) is 8.11. The summed E-state index contributed by atoms with van der Waals surface area (Å²) in [5.41, 5.74) is 1.94. The fourth-order valence-electron chi connectivity index (χ4n) is 2.35. The fraction of sp³-hybridized carbons (Fsp3) is 0.588. The van der Waals surface area contributed by atoms with Crippen molar-refractivity contribution in [3.63, 3.8) is 0 Å². The molecule has 22 heavy (non-hydrogen) atoms. The topological polar surface area (TPSA) is 61.0 Å². The van der Waals surface area contributed by atoms with Crippen LogP contribution < -0.4 is 0 Å². The summed E-state index contributed by atoms with van der Waals surface area (Å²) in [4.78, 5) is 8.93. The predicted molar refractivity (Wildman–Crippen MR) is 85.8 cm³/mol. The van der Waals surface area contributed by atoms with E-state index < -0.39 is 0 Å². The number of hydrogen-bond acceptors (Lipinski definition) is 5. The molecule has 0 unspecified atom stereocenters. The van der Waals surface area contributed by atoms with Crippen molar-refractivity contribution in [2.45, 2.75) is 52.4 Å². The molecule has 1 aliphatic heterocycles. The number of nitrogens with zero attached hydrogens (tertiary/aromatic N) is 3. The lowest BCUT2D eigenvalue weighted by Crippen LogP contribution is -2.15. The van der Waals surface area contributed by atoms with Gasteiger partial charge in [0.15, 0.2) is 5.82 Å². The summed E-state index contributed by atoms with van der Waals surface area (Å²) in [6, 6.07) is 4.00. The fourth-order valence-corrected chi connectivity index (χ4v) is 2.35. The molecule has 0 aliphatic carbocycles. The molecule has 1 saturated heterocycles. The highest BCUT2D eigenvalue weighted by molar-refractivity contribution is 5.51. The lowest BCUT2D eigenvalue weighted by atomic mass is 10.00. The maximum Gasteiger partial charge on any atom is 0.259 e. The zero-order valence-electron chi connectivity index (χ0n) is 13.9. The van der Waals surface area contributed by atoms with Gasteiger partial charge in [-0.15, -0.1) is 0 Å². The van der Waals surface area contributed by atoms with Gasteiger partial charge in [-0.2, -0.15) is 4.98 Å². The highest BCUT2D eigenvalue weighted by atomic mass is 16.5. The van der Waals surface area contributed by atoms with Crippen LogP contribution >= 0.6 is 0 Å². The van der Waals surface area contributed by atoms with Crippen LogP contribution in [-0.4, -0.2) is 28.3 Å². The molecule has 120 valence electrons. The van der Waals surface area contributed by atoms with Gasteiger partial charge in [-0.1, -0.05) is 32.9 Å². The molecule has 0 atom stereocenters. The summed E-state index contributed by atoms with van der Waals surface area (Å²) >= 11 is 0. The van der Waals surface area contributed by atoms with Crippen LogP contribution in [0.1, 0.15) is 63.9 Å². The third-order valence-electron chi connectivity index (χ3n) is 3.65. The van der Waals surface area contributed by atoms with Crippen LogP contribution in [0.25, 0.3) is 11.5 Å². The first-order valence-electron chi connectivity index (χ1n) is 8.11. The van der Waals surface area contributed by atoms with Gasteiger partial charge in [0, 0.05) is 31.0 Å². The Bertz CT molecular complexity index is 558. The Morgan fingerprint density at radius 2 is 1.86 bits per heavy atom. The molecule has 0 saturated carbocycles. The van der Waals surface area contributed by atoms with E-state index in [1.165, 1.54) is 0 Å². The Kier molecular flexibility index (Phi) is 6.07. The SMILES string of the molecule is CC.CC(C)c1ccc(-c2nc(C3CCOCC3)no2)cn1. The minimum Gasteiger partial charge on any atom is -0.381 e. The van der Waals surface area contributed by atoms with Gasteiger partial charge in [-0.05, 0) is 30.9 Å². The normalized spacial score (nSPS) is 15.5. The van der Waals surface area contributed by atoms with E-state index in [1.807, 2.05) is 26.0 Å². The highest BCUT2D eigenvalue weighted by Gasteiger charge is 2.21. The molecule has 3 rings (SSSR count). The van der Waals surface area contributed by atoms with Gasteiger partial charge in [-0.25, -0.2) is 0 Å². The van der Waals surface area contributed by atoms with Gasteiger partial charge in [0.1, 0.15) is 0 Å². The maximum absolute atomic E-state index is 5.36. The average Bonchev–Trinajstić information content (AvgIpc) is 3.08. The van der Waals surface area contributed by atoms with E-state index in [-0.39, 0.29) is 0 Å². The van der Waals surface area contributed by atoms with Crippen LogP contribution in [0.4, 0.5) is 0 Å². The van der Waals surface area contributed by atoms with E-state index in [9.17, 15) is 0 Å². The summed E-state index contributed by atoms with van der Waals surface area (Å²) in [7, 11) is 0. The number of ether oxygens (including phenoxy) is 1. The maximum atomic E-state index is 5.36. The molecular formula is C17H25N3O2. The van der Waals surface area contributed by atoms with Crippen LogP contribution in [0.3, 0.4) is 0 Å². The van der Waals surface area contributed by atoms with Gasteiger partial charge < -0.3 is 9.26 Å². The van der Waals surface area contributed by atoms with Crippen molar-refractivity contribution in [2.24, 2.45) is 0 Å². The minimum absolute atomic E-state index is 0.351. The zero-order valence-corrected chi connectivity index (χ0v) is 13.9. The molecule has 0 bridgehead atoms. The smallest absolute Gasteiger partial charge is 0.259 e. The summed E-state index contributed by atoms with van der Waals surface area (Å²) < 4.78 is 10.7. The van der Waals surface area contributed by atoms with E-state index in [4.69, 9.17) is 9.26 Å². The monoisotopic (exact) mass is 303 g/mol. The number of pyridine rings is 1. The Morgan fingerprint density at radius 3 is 2.45 bits per heavy atom. The Labute approximate surface area is 132 Å². The van der Waals surface area contributed by atoms with Crippen molar-refractivity contribution >= 4 is 0 Å². The Hall–Kier alpha value is -1.75. The van der Waals surface area contributed by atoms with Crippen LogP contribution in [0, 0.1) is 0 Å². The molecule has 3 heterocycles. The Morgan fingerprint density at radius 1 is 1.14 bits per heavy atom. The quantitative estimate of drug-likeness (QED) is 0.851. The van der Waals surface area contributed by atoms with Crippen LogP contribution in [0.15, 0.2) is 22.9 Å². The molecule has 0 N–H and O–H groups in total. The van der Waals surface area contributed by atoms with Crippen LogP contribution in [0.5, 0.6) is 0 Å². The minimum atomic E-state index is 0.351. The molecule has 1 aliphatic rings. The first kappa shape index (κ1) is 16.6. The second kappa shape index (κ2) is 8.03. The van der Waals surface area contributed by atoms with E-state index in [2.05, 4.69) is 29.0 Å². The zero-order chi connectivity index (χ0) is 15.9. The molecule has 1 fully saturated rings. The summed E-state index contributed by atoms with van der Waals surface area (Å²) in [5.74, 6) is 2.11. The first-order chi connectivity index (χ1) is 10.7. The molecule has 5 heteroatoms. The highest BCUT2D eigenvalue weighted by Crippen LogP contribution is 2.27. The van der Waals surface area contributed by atoms with Crippen molar-refractivity contribution in [1.82, 2.24) is 15.1 Å². The van der Waals surface area contributed by atoms with Crippen molar-refractivity contribution in [1.29, 1.82) is 0 Å². The van der Waals surface area contributed by atoms with Crippen molar-refractivity contribution < 1.29 is 9.26 Å². The van der Waals surface area contributed by atoms with Crippen molar-refractivity contribution in [3.05, 3.63) is 29.8 Å². The van der Waals surface area contributed by atoms with E-state index in [1.54, 1.807) is 6.20 Å². The average molecular weight is 303 g/mol. The molecule has 5 nitrogen and oxygen atoms in total.